The molecule has 0 N–H and O–H groups in total. The molecular formula is C12H6ClF3O3. The van der Waals surface area contributed by atoms with Gasteiger partial charge in [0.25, 0.3) is 0 Å². The van der Waals surface area contributed by atoms with Crippen LogP contribution in [0.3, 0.4) is 0 Å². The van der Waals surface area contributed by atoms with E-state index >= 15 is 0 Å². The third kappa shape index (κ3) is 3.29. The Morgan fingerprint density at radius 2 is 2.00 bits per heavy atom. The summed E-state index contributed by atoms with van der Waals surface area (Å²) in [5.74, 6) is -1.02. The zero-order valence-electron chi connectivity index (χ0n) is 9.20. The second kappa shape index (κ2) is 4.97. The molecule has 0 spiro atoms. The fourth-order valence-electron chi connectivity index (χ4n) is 1.45. The van der Waals surface area contributed by atoms with Crippen LogP contribution < -0.4 is 4.74 Å². The molecule has 2 rings (SSSR count). The smallest absolute Gasteiger partial charge is 0.452 e. The van der Waals surface area contributed by atoms with Crippen molar-refractivity contribution in [1.82, 2.24) is 0 Å². The second-order valence-electron chi connectivity index (χ2n) is 3.51. The van der Waals surface area contributed by atoms with E-state index in [1.54, 1.807) is 0 Å². The standard InChI is InChI=1S/C12H6ClF3O3/c13-11-9(4-5-18-11)10(17)7-2-1-3-8(6-7)19-12(14,15)16/h1-6H. The van der Waals surface area contributed by atoms with Gasteiger partial charge in [-0.05, 0) is 29.8 Å². The SMILES string of the molecule is O=C(c1cccc(OC(F)(F)F)c1)c1ccoc1Cl. The van der Waals surface area contributed by atoms with Crippen molar-refractivity contribution in [2.45, 2.75) is 6.36 Å². The molecule has 0 aliphatic heterocycles. The quantitative estimate of drug-likeness (QED) is 0.800. The monoisotopic (exact) mass is 290 g/mol. The summed E-state index contributed by atoms with van der Waals surface area (Å²) in [5.41, 5.74) is 0.0934. The minimum Gasteiger partial charge on any atom is -0.452 e. The fourth-order valence-corrected chi connectivity index (χ4v) is 1.65. The van der Waals surface area contributed by atoms with Crippen LogP contribution in [0.1, 0.15) is 15.9 Å². The van der Waals surface area contributed by atoms with E-state index in [9.17, 15) is 18.0 Å². The Morgan fingerprint density at radius 1 is 1.26 bits per heavy atom. The van der Waals surface area contributed by atoms with Crippen LogP contribution in [0.5, 0.6) is 5.75 Å². The molecule has 1 aromatic carbocycles. The Morgan fingerprint density at radius 3 is 2.58 bits per heavy atom. The molecule has 0 bridgehead atoms. The number of halogens is 4. The first-order valence-corrected chi connectivity index (χ1v) is 5.38. The number of ether oxygens (including phenoxy) is 1. The van der Waals surface area contributed by atoms with E-state index in [0.29, 0.717) is 0 Å². The van der Waals surface area contributed by atoms with Crippen LogP contribution >= 0.6 is 11.6 Å². The molecule has 19 heavy (non-hydrogen) atoms. The van der Waals surface area contributed by atoms with Crippen molar-refractivity contribution in [2.24, 2.45) is 0 Å². The average Bonchev–Trinajstić information content (AvgIpc) is 2.72. The van der Waals surface area contributed by atoms with Gasteiger partial charge in [0.2, 0.25) is 5.22 Å². The zero-order chi connectivity index (χ0) is 14.0. The third-order valence-corrected chi connectivity index (χ3v) is 2.49. The summed E-state index contributed by atoms with van der Waals surface area (Å²) < 4.78 is 44.7. The number of furan rings is 1. The van der Waals surface area contributed by atoms with Crippen molar-refractivity contribution in [1.29, 1.82) is 0 Å². The van der Waals surface area contributed by atoms with Crippen LogP contribution in [0.2, 0.25) is 5.22 Å². The lowest BCUT2D eigenvalue weighted by atomic mass is 10.1. The van der Waals surface area contributed by atoms with Crippen molar-refractivity contribution >= 4 is 17.4 Å². The Balaban J connectivity index is 2.29. The maximum Gasteiger partial charge on any atom is 0.573 e. The lowest BCUT2D eigenvalue weighted by molar-refractivity contribution is -0.274. The highest BCUT2D eigenvalue weighted by molar-refractivity contribution is 6.33. The van der Waals surface area contributed by atoms with Crippen molar-refractivity contribution < 1.29 is 27.1 Å². The van der Waals surface area contributed by atoms with Crippen LogP contribution in [-0.4, -0.2) is 12.1 Å². The minimum absolute atomic E-state index is 0.0186. The van der Waals surface area contributed by atoms with Gasteiger partial charge in [0, 0.05) is 5.56 Å². The van der Waals surface area contributed by atoms with E-state index in [2.05, 4.69) is 4.74 Å². The molecule has 0 saturated carbocycles. The number of hydrogen-bond acceptors (Lipinski definition) is 3. The van der Waals surface area contributed by atoms with E-state index < -0.39 is 17.9 Å². The van der Waals surface area contributed by atoms with Crippen molar-refractivity contribution in [3.63, 3.8) is 0 Å². The molecule has 1 aromatic heterocycles. The Bertz CT molecular complexity index is 604. The molecule has 100 valence electrons. The first-order valence-electron chi connectivity index (χ1n) is 5.00. The summed E-state index contributed by atoms with van der Waals surface area (Å²) in [6.07, 6.45) is -3.60. The van der Waals surface area contributed by atoms with Gasteiger partial charge in [0.1, 0.15) is 5.75 Å². The Labute approximate surface area is 110 Å². The van der Waals surface area contributed by atoms with Crippen molar-refractivity contribution in [3.8, 4) is 5.75 Å². The molecule has 0 saturated heterocycles. The number of carbonyl (C=O) groups is 1. The van der Waals surface area contributed by atoms with E-state index in [1.165, 1.54) is 24.5 Å². The van der Waals surface area contributed by atoms with Crippen LogP contribution in [0, 0.1) is 0 Å². The zero-order valence-corrected chi connectivity index (χ0v) is 9.96. The van der Waals surface area contributed by atoms with Crippen molar-refractivity contribution in [2.75, 3.05) is 0 Å². The number of hydrogen-bond donors (Lipinski definition) is 0. The highest BCUT2D eigenvalue weighted by Crippen LogP contribution is 2.26. The topological polar surface area (TPSA) is 39.4 Å². The van der Waals surface area contributed by atoms with Gasteiger partial charge in [-0.3, -0.25) is 4.79 Å². The summed E-state index contributed by atoms with van der Waals surface area (Å²) in [6, 6.07) is 6.06. The van der Waals surface area contributed by atoms with Gasteiger partial charge in [-0.15, -0.1) is 13.2 Å². The highest BCUT2D eigenvalue weighted by atomic mass is 35.5. The number of carbonyl (C=O) groups excluding carboxylic acids is 1. The summed E-state index contributed by atoms with van der Waals surface area (Å²) >= 11 is 5.63. The van der Waals surface area contributed by atoms with Gasteiger partial charge >= 0.3 is 6.36 Å². The van der Waals surface area contributed by atoms with Gasteiger partial charge in [-0.2, -0.15) is 0 Å². The molecule has 1 heterocycles. The van der Waals surface area contributed by atoms with E-state index in [0.717, 1.165) is 12.1 Å². The van der Waals surface area contributed by atoms with E-state index in [4.69, 9.17) is 16.0 Å². The van der Waals surface area contributed by atoms with Crippen LogP contribution in [0.4, 0.5) is 13.2 Å². The predicted molar refractivity (Wildman–Crippen MR) is 60.3 cm³/mol. The number of benzene rings is 1. The van der Waals surface area contributed by atoms with Gasteiger partial charge in [-0.25, -0.2) is 0 Å². The maximum atomic E-state index is 12.1. The van der Waals surface area contributed by atoms with E-state index in [-0.39, 0.29) is 16.3 Å². The molecule has 0 fully saturated rings. The van der Waals surface area contributed by atoms with Gasteiger partial charge in [0.05, 0.1) is 11.8 Å². The molecule has 2 aromatic rings. The summed E-state index contributed by atoms with van der Waals surface area (Å²) in [6.45, 7) is 0. The Hall–Kier alpha value is -1.95. The predicted octanol–water partition coefficient (Wildman–Crippen LogP) is 4.06. The van der Waals surface area contributed by atoms with Crippen LogP contribution in [0.15, 0.2) is 41.0 Å². The van der Waals surface area contributed by atoms with Crippen molar-refractivity contribution in [3.05, 3.63) is 52.9 Å². The lowest BCUT2D eigenvalue weighted by Crippen LogP contribution is -2.17. The molecule has 0 aliphatic rings. The van der Waals surface area contributed by atoms with Crippen LogP contribution in [0.25, 0.3) is 0 Å². The molecule has 0 amide bonds. The highest BCUT2D eigenvalue weighted by Gasteiger charge is 2.31. The second-order valence-corrected chi connectivity index (χ2v) is 3.86. The average molecular weight is 291 g/mol. The molecular weight excluding hydrogens is 285 g/mol. The largest absolute Gasteiger partial charge is 0.573 e. The maximum absolute atomic E-state index is 12.1. The lowest BCUT2D eigenvalue weighted by Gasteiger charge is -2.09. The molecule has 0 atom stereocenters. The summed E-state index contributed by atoms with van der Waals surface area (Å²) in [7, 11) is 0. The molecule has 0 radical (unpaired) electrons. The molecule has 3 nitrogen and oxygen atoms in total. The van der Waals surface area contributed by atoms with Crippen LogP contribution in [-0.2, 0) is 0 Å². The minimum atomic E-state index is -4.81. The molecule has 7 heteroatoms. The first kappa shape index (κ1) is 13.5. The molecule has 0 unspecified atom stereocenters. The van der Waals surface area contributed by atoms with Gasteiger partial charge < -0.3 is 9.15 Å². The fraction of sp³-hybridized carbons (Fsp3) is 0.0833. The number of rotatable bonds is 3. The van der Waals surface area contributed by atoms with Gasteiger partial charge in [-0.1, -0.05) is 12.1 Å². The number of alkyl halides is 3. The van der Waals surface area contributed by atoms with E-state index in [1.807, 2.05) is 0 Å². The number of ketones is 1. The van der Waals surface area contributed by atoms with Gasteiger partial charge in [0.15, 0.2) is 5.78 Å². The Kier molecular flexibility index (Phi) is 3.53. The summed E-state index contributed by atoms with van der Waals surface area (Å²) in [5, 5.41) is -0.118. The first-order chi connectivity index (χ1) is 8.87. The summed E-state index contributed by atoms with van der Waals surface area (Å²) in [4.78, 5) is 12.0. The third-order valence-electron chi connectivity index (χ3n) is 2.19. The normalized spacial score (nSPS) is 11.4. The molecule has 0 aliphatic carbocycles.